The minimum Gasteiger partial charge on any atom is -0.345 e. The Morgan fingerprint density at radius 1 is 1.14 bits per heavy atom. The van der Waals surface area contributed by atoms with Crippen LogP contribution < -0.4 is 4.90 Å². The van der Waals surface area contributed by atoms with Gasteiger partial charge in [0.15, 0.2) is 5.13 Å². The van der Waals surface area contributed by atoms with E-state index >= 15 is 0 Å². The zero-order valence-corrected chi connectivity index (χ0v) is 16.8. The van der Waals surface area contributed by atoms with Crippen molar-refractivity contribution in [3.63, 3.8) is 0 Å². The number of benzene rings is 2. The Kier molecular flexibility index (Phi) is 5.19. The summed E-state index contributed by atoms with van der Waals surface area (Å²) in [7, 11) is 0. The van der Waals surface area contributed by atoms with E-state index in [1.165, 1.54) is 33.9 Å². The lowest BCUT2D eigenvalue weighted by molar-refractivity contribution is -0.384. The number of carbonyl (C=O) groups is 1. The van der Waals surface area contributed by atoms with Crippen molar-refractivity contribution in [1.82, 2.24) is 9.88 Å². The molecule has 1 aliphatic rings. The predicted molar refractivity (Wildman–Crippen MR) is 113 cm³/mol. The molecule has 0 bridgehead atoms. The lowest BCUT2D eigenvalue weighted by Crippen LogP contribution is -2.48. The van der Waals surface area contributed by atoms with Crippen molar-refractivity contribution in [2.45, 2.75) is 4.90 Å². The Bertz CT molecular complexity index is 1030. The van der Waals surface area contributed by atoms with Crippen molar-refractivity contribution >= 4 is 50.0 Å². The van der Waals surface area contributed by atoms with Crippen molar-refractivity contribution in [3.05, 3.63) is 58.1 Å². The van der Waals surface area contributed by atoms with Gasteiger partial charge in [0.1, 0.15) is 0 Å². The number of anilines is 1. The van der Waals surface area contributed by atoms with Gasteiger partial charge in [0.25, 0.3) is 11.6 Å². The molecular weight excluding hydrogens is 396 g/mol. The van der Waals surface area contributed by atoms with Crippen LogP contribution in [0.15, 0.2) is 47.4 Å². The fourth-order valence-corrected chi connectivity index (χ4v) is 4.89. The Labute approximate surface area is 170 Å². The standard InChI is InChI=1S/C19H18N4O3S2/c1-27-15-3-2-4-16-17(15)20-19(28-16)22-11-9-21(10-12-22)18(24)13-5-7-14(8-6-13)23(25)26/h2-8H,9-12H2,1H3. The number of thiazole rings is 1. The molecule has 1 amide bonds. The molecule has 1 fully saturated rings. The molecule has 28 heavy (non-hydrogen) atoms. The van der Waals surface area contributed by atoms with Crippen molar-refractivity contribution in [2.75, 3.05) is 37.3 Å². The van der Waals surface area contributed by atoms with Crippen molar-refractivity contribution < 1.29 is 9.72 Å². The molecule has 0 saturated carbocycles. The molecule has 0 atom stereocenters. The molecule has 0 unspecified atom stereocenters. The second-order valence-electron chi connectivity index (χ2n) is 6.39. The van der Waals surface area contributed by atoms with Gasteiger partial charge in [-0.1, -0.05) is 17.4 Å². The summed E-state index contributed by atoms with van der Waals surface area (Å²) in [5, 5.41) is 11.7. The van der Waals surface area contributed by atoms with Crippen LogP contribution in [0, 0.1) is 10.1 Å². The summed E-state index contributed by atoms with van der Waals surface area (Å²) in [5.74, 6) is -0.0940. The zero-order chi connectivity index (χ0) is 19.7. The second kappa shape index (κ2) is 7.76. The van der Waals surface area contributed by atoms with E-state index in [4.69, 9.17) is 4.98 Å². The lowest BCUT2D eigenvalue weighted by Gasteiger charge is -2.34. The number of aromatic nitrogens is 1. The second-order valence-corrected chi connectivity index (χ2v) is 8.24. The molecule has 0 spiro atoms. The fraction of sp³-hybridized carbons (Fsp3) is 0.263. The van der Waals surface area contributed by atoms with Gasteiger partial charge >= 0.3 is 0 Å². The maximum atomic E-state index is 12.7. The first-order chi connectivity index (χ1) is 13.6. The number of para-hydroxylation sites is 1. The summed E-state index contributed by atoms with van der Waals surface area (Å²) in [5.41, 5.74) is 1.50. The van der Waals surface area contributed by atoms with E-state index in [0.29, 0.717) is 31.7 Å². The molecule has 3 aromatic rings. The summed E-state index contributed by atoms with van der Waals surface area (Å²) < 4.78 is 1.17. The molecular formula is C19H18N4O3S2. The van der Waals surface area contributed by atoms with Crippen LogP contribution in [0.1, 0.15) is 10.4 Å². The molecule has 2 heterocycles. The molecule has 144 valence electrons. The molecule has 1 aliphatic heterocycles. The molecule has 0 N–H and O–H groups in total. The van der Waals surface area contributed by atoms with Gasteiger partial charge in [0.05, 0.1) is 15.1 Å². The van der Waals surface area contributed by atoms with Crippen LogP contribution in [0.4, 0.5) is 10.8 Å². The van der Waals surface area contributed by atoms with Gasteiger partial charge in [-0.05, 0) is 30.5 Å². The van der Waals surface area contributed by atoms with Crippen molar-refractivity contribution in [3.8, 4) is 0 Å². The van der Waals surface area contributed by atoms with Gasteiger partial charge in [-0.25, -0.2) is 4.98 Å². The SMILES string of the molecule is CSc1cccc2sc(N3CCN(C(=O)c4ccc([N+](=O)[O-])cc4)CC3)nc12. The van der Waals surface area contributed by atoms with Crippen LogP contribution in [0.25, 0.3) is 10.2 Å². The number of amides is 1. The van der Waals surface area contributed by atoms with Gasteiger partial charge in [0, 0.05) is 48.8 Å². The number of fused-ring (bicyclic) bond motifs is 1. The first-order valence-corrected chi connectivity index (χ1v) is 10.8. The fourth-order valence-electron chi connectivity index (χ4n) is 3.22. The smallest absolute Gasteiger partial charge is 0.269 e. The molecule has 2 aromatic carbocycles. The van der Waals surface area contributed by atoms with E-state index < -0.39 is 4.92 Å². The quantitative estimate of drug-likeness (QED) is 0.366. The highest BCUT2D eigenvalue weighted by atomic mass is 32.2. The monoisotopic (exact) mass is 414 g/mol. The van der Waals surface area contributed by atoms with Crippen LogP contribution in [-0.4, -0.2) is 53.1 Å². The van der Waals surface area contributed by atoms with Crippen molar-refractivity contribution in [1.29, 1.82) is 0 Å². The maximum Gasteiger partial charge on any atom is 0.269 e. The normalized spacial score (nSPS) is 14.5. The van der Waals surface area contributed by atoms with Gasteiger partial charge in [0.2, 0.25) is 0 Å². The molecule has 4 rings (SSSR count). The molecule has 7 nitrogen and oxygen atoms in total. The first kappa shape index (κ1) is 18.7. The number of rotatable bonds is 4. The lowest BCUT2D eigenvalue weighted by atomic mass is 10.1. The summed E-state index contributed by atoms with van der Waals surface area (Å²) in [4.78, 5) is 33.0. The average Bonchev–Trinajstić information content (AvgIpc) is 3.18. The highest BCUT2D eigenvalue weighted by Crippen LogP contribution is 2.34. The number of carbonyl (C=O) groups excluding carboxylic acids is 1. The maximum absolute atomic E-state index is 12.7. The Morgan fingerprint density at radius 2 is 1.86 bits per heavy atom. The summed E-state index contributed by atoms with van der Waals surface area (Å²) >= 11 is 3.37. The molecule has 0 radical (unpaired) electrons. The number of nitro groups is 1. The van der Waals surface area contributed by atoms with Crippen LogP contribution in [-0.2, 0) is 0 Å². The van der Waals surface area contributed by atoms with Crippen LogP contribution in [0.2, 0.25) is 0 Å². The highest BCUT2D eigenvalue weighted by Gasteiger charge is 2.24. The first-order valence-electron chi connectivity index (χ1n) is 8.79. The number of piperazine rings is 1. The molecule has 1 aromatic heterocycles. The van der Waals surface area contributed by atoms with E-state index in [0.717, 1.165) is 10.6 Å². The van der Waals surface area contributed by atoms with Crippen molar-refractivity contribution in [2.24, 2.45) is 0 Å². The number of nitro benzene ring substituents is 1. The minimum atomic E-state index is -0.465. The van der Waals surface area contributed by atoms with Crippen LogP contribution in [0.3, 0.4) is 0 Å². The Hall–Kier alpha value is -2.65. The van der Waals surface area contributed by atoms with Gasteiger partial charge in [-0.15, -0.1) is 11.8 Å². The average molecular weight is 415 g/mol. The summed E-state index contributed by atoms with van der Waals surface area (Å²) in [6.07, 6.45) is 2.05. The van der Waals surface area contributed by atoms with E-state index in [1.54, 1.807) is 28.0 Å². The number of non-ortho nitro benzene ring substituents is 1. The number of nitrogens with zero attached hydrogens (tertiary/aromatic N) is 4. The van der Waals surface area contributed by atoms with E-state index in [2.05, 4.69) is 29.4 Å². The van der Waals surface area contributed by atoms with Crippen LogP contribution >= 0.6 is 23.1 Å². The van der Waals surface area contributed by atoms with Gasteiger partial charge < -0.3 is 9.80 Å². The molecule has 1 saturated heterocycles. The summed E-state index contributed by atoms with van der Waals surface area (Å²) in [6, 6.07) is 12.0. The van der Waals surface area contributed by atoms with Crippen LogP contribution in [0.5, 0.6) is 0 Å². The Balaban J connectivity index is 1.44. The third kappa shape index (κ3) is 3.55. The number of hydrogen-bond donors (Lipinski definition) is 0. The van der Waals surface area contributed by atoms with Gasteiger partial charge in [-0.2, -0.15) is 0 Å². The summed E-state index contributed by atoms with van der Waals surface area (Å²) in [6.45, 7) is 2.63. The largest absolute Gasteiger partial charge is 0.345 e. The van der Waals surface area contributed by atoms with E-state index in [9.17, 15) is 14.9 Å². The molecule has 9 heteroatoms. The van der Waals surface area contributed by atoms with E-state index in [-0.39, 0.29) is 11.6 Å². The topological polar surface area (TPSA) is 79.6 Å². The van der Waals surface area contributed by atoms with Gasteiger partial charge in [-0.3, -0.25) is 14.9 Å². The Morgan fingerprint density at radius 3 is 2.50 bits per heavy atom. The van der Waals surface area contributed by atoms with E-state index in [1.807, 2.05) is 0 Å². The zero-order valence-electron chi connectivity index (χ0n) is 15.2. The highest BCUT2D eigenvalue weighted by molar-refractivity contribution is 7.98. The number of hydrogen-bond acceptors (Lipinski definition) is 7. The third-order valence-electron chi connectivity index (χ3n) is 4.75. The third-order valence-corrected chi connectivity index (χ3v) is 6.60. The number of thioether (sulfide) groups is 1. The predicted octanol–water partition coefficient (Wildman–Crippen LogP) is 3.89. The minimum absolute atomic E-state index is 0.0122. The molecule has 0 aliphatic carbocycles.